The highest BCUT2D eigenvalue weighted by atomic mass is 35.5. The lowest BCUT2D eigenvalue weighted by Crippen LogP contribution is -2.24. The Morgan fingerprint density at radius 1 is 1.00 bits per heavy atom. The number of carbonyl (C=O) groups excluding carboxylic acids is 1. The van der Waals surface area contributed by atoms with Crippen molar-refractivity contribution in [2.75, 3.05) is 0 Å². The summed E-state index contributed by atoms with van der Waals surface area (Å²) in [6.07, 6.45) is 5.44. The van der Waals surface area contributed by atoms with Crippen LogP contribution in [0.1, 0.15) is 11.1 Å². The fraction of sp³-hybridized carbons (Fsp3) is 0. The first-order chi connectivity index (χ1) is 10.7. The predicted octanol–water partition coefficient (Wildman–Crippen LogP) is 3.81. The van der Waals surface area contributed by atoms with E-state index in [0.717, 1.165) is 11.1 Å². The molecular weight excluding hydrogens is 296 g/mol. The molecule has 1 aliphatic heterocycles. The third-order valence-corrected chi connectivity index (χ3v) is 3.41. The van der Waals surface area contributed by atoms with E-state index >= 15 is 0 Å². The molecule has 1 amide bonds. The van der Waals surface area contributed by atoms with Crippen LogP contribution in [-0.4, -0.2) is 11.7 Å². The monoisotopic (exact) mass is 308 g/mol. The van der Waals surface area contributed by atoms with Crippen LogP contribution in [0.4, 0.5) is 0 Å². The molecule has 0 saturated carbocycles. The van der Waals surface area contributed by atoms with Gasteiger partial charge in [0.05, 0.1) is 0 Å². The smallest absolute Gasteiger partial charge is 0.275 e. The van der Waals surface area contributed by atoms with Gasteiger partial charge in [0.25, 0.3) is 5.91 Å². The van der Waals surface area contributed by atoms with Crippen molar-refractivity contribution in [1.82, 2.24) is 5.32 Å². The van der Waals surface area contributed by atoms with E-state index in [9.17, 15) is 4.79 Å². The summed E-state index contributed by atoms with van der Waals surface area (Å²) >= 11 is 5.85. The normalized spacial score (nSPS) is 16.1. The molecule has 4 heteroatoms. The van der Waals surface area contributed by atoms with Crippen molar-refractivity contribution in [2.45, 2.75) is 0 Å². The Labute approximate surface area is 133 Å². The molecule has 0 unspecified atom stereocenters. The minimum Gasteiger partial charge on any atom is -0.305 e. The van der Waals surface area contributed by atoms with E-state index in [1.165, 1.54) is 0 Å². The summed E-state index contributed by atoms with van der Waals surface area (Å²) in [6, 6.07) is 17.1. The highest BCUT2D eigenvalue weighted by Gasteiger charge is 2.20. The first-order valence-electron chi connectivity index (χ1n) is 6.82. The summed E-state index contributed by atoms with van der Waals surface area (Å²) < 4.78 is 0. The average Bonchev–Trinajstić information content (AvgIpc) is 2.90. The number of amidine groups is 1. The highest BCUT2D eigenvalue weighted by molar-refractivity contribution is 6.30. The van der Waals surface area contributed by atoms with Crippen molar-refractivity contribution in [1.29, 1.82) is 0 Å². The summed E-state index contributed by atoms with van der Waals surface area (Å²) in [5.41, 5.74) is 2.28. The predicted molar refractivity (Wildman–Crippen MR) is 89.7 cm³/mol. The number of rotatable bonds is 3. The van der Waals surface area contributed by atoms with Gasteiger partial charge in [-0.2, -0.15) is 0 Å². The molecule has 0 atom stereocenters. The van der Waals surface area contributed by atoms with Crippen LogP contribution >= 0.6 is 11.6 Å². The summed E-state index contributed by atoms with van der Waals surface area (Å²) in [6.45, 7) is 0. The fourth-order valence-electron chi connectivity index (χ4n) is 2.04. The van der Waals surface area contributed by atoms with Crippen molar-refractivity contribution in [3.63, 3.8) is 0 Å². The van der Waals surface area contributed by atoms with Crippen LogP contribution < -0.4 is 5.32 Å². The van der Waals surface area contributed by atoms with E-state index in [1.54, 1.807) is 18.2 Å². The topological polar surface area (TPSA) is 41.5 Å². The summed E-state index contributed by atoms with van der Waals surface area (Å²) in [4.78, 5) is 16.2. The van der Waals surface area contributed by atoms with Gasteiger partial charge in [-0.05, 0) is 35.9 Å². The van der Waals surface area contributed by atoms with Gasteiger partial charge < -0.3 is 5.32 Å². The van der Waals surface area contributed by atoms with Gasteiger partial charge in [0, 0.05) is 10.6 Å². The molecule has 0 aliphatic carbocycles. The van der Waals surface area contributed by atoms with Gasteiger partial charge in [0.15, 0.2) is 0 Å². The Morgan fingerprint density at radius 2 is 1.73 bits per heavy atom. The van der Waals surface area contributed by atoms with Crippen LogP contribution in [0, 0.1) is 0 Å². The Balaban J connectivity index is 1.79. The van der Waals surface area contributed by atoms with E-state index in [0.29, 0.717) is 16.6 Å². The van der Waals surface area contributed by atoms with Crippen LogP contribution in [0.25, 0.3) is 6.08 Å². The number of nitrogens with zero attached hydrogens (tertiary/aromatic N) is 1. The van der Waals surface area contributed by atoms with Crippen molar-refractivity contribution in [2.24, 2.45) is 4.99 Å². The third-order valence-electron chi connectivity index (χ3n) is 3.16. The van der Waals surface area contributed by atoms with E-state index < -0.39 is 0 Å². The van der Waals surface area contributed by atoms with Gasteiger partial charge in [0.1, 0.15) is 11.5 Å². The molecule has 0 bridgehead atoms. The Kier molecular flexibility index (Phi) is 4.17. The van der Waals surface area contributed by atoms with E-state index in [2.05, 4.69) is 10.3 Å². The summed E-state index contributed by atoms with van der Waals surface area (Å²) in [5.74, 6) is 0.337. The lowest BCUT2D eigenvalue weighted by atomic mass is 10.2. The lowest BCUT2D eigenvalue weighted by Gasteiger charge is -1.99. The molecule has 0 spiro atoms. The number of halogens is 1. The fourth-order valence-corrected chi connectivity index (χ4v) is 2.17. The van der Waals surface area contributed by atoms with Crippen molar-refractivity contribution < 1.29 is 4.79 Å². The second-order valence-corrected chi connectivity index (χ2v) is 5.18. The first-order valence-corrected chi connectivity index (χ1v) is 7.19. The minimum atomic E-state index is -0.206. The van der Waals surface area contributed by atoms with Gasteiger partial charge in [-0.15, -0.1) is 0 Å². The molecule has 3 nitrogen and oxygen atoms in total. The number of allylic oxidation sites excluding steroid dienone is 2. The minimum absolute atomic E-state index is 0.206. The molecule has 1 heterocycles. The van der Waals surface area contributed by atoms with Crippen molar-refractivity contribution in [3.8, 4) is 0 Å². The van der Waals surface area contributed by atoms with Gasteiger partial charge in [-0.1, -0.05) is 54.1 Å². The largest absolute Gasteiger partial charge is 0.305 e. The number of carbonyl (C=O) groups is 1. The molecule has 3 rings (SSSR count). The maximum absolute atomic E-state index is 11.9. The molecule has 1 aliphatic rings. The molecule has 1 N–H and O–H groups in total. The van der Waals surface area contributed by atoms with Gasteiger partial charge in [0.2, 0.25) is 0 Å². The molecule has 0 saturated heterocycles. The maximum atomic E-state index is 11.9. The van der Waals surface area contributed by atoms with Crippen LogP contribution in [0.3, 0.4) is 0 Å². The summed E-state index contributed by atoms with van der Waals surface area (Å²) in [7, 11) is 0. The van der Waals surface area contributed by atoms with E-state index in [-0.39, 0.29) is 5.91 Å². The number of hydrogen-bond acceptors (Lipinski definition) is 2. The van der Waals surface area contributed by atoms with Gasteiger partial charge >= 0.3 is 0 Å². The molecule has 0 fully saturated rings. The van der Waals surface area contributed by atoms with E-state index in [1.807, 2.05) is 54.6 Å². The highest BCUT2D eigenvalue weighted by Crippen LogP contribution is 2.14. The third kappa shape index (κ3) is 3.32. The number of aliphatic imine (C=N–C) groups is 1. The zero-order valence-electron chi connectivity index (χ0n) is 11.7. The Hall–Kier alpha value is -2.65. The van der Waals surface area contributed by atoms with Crippen LogP contribution in [0.15, 0.2) is 77.4 Å². The number of amides is 1. The average molecular weight is 309 g/mol. The maximum Gasteiger partial charge on any atom is 0.275 e. The molecule has 2 aromatic carbocycles. The molecular formula is C18H13ClN2O. The van der Waals surface area contributed by atoms with Crippen LogP contribution in [0.2, 0.25) is 5.02 Å². The number of hydrogen-bond donors (Lipinski definition) is 1. The van der Waals surface area contributed by atoms with E-state index in [4.69, 9.17) is 11.6 Å². The second-order valence-electron chi connectivity index (χ2n) is 4.74. The van der Waals surface area contributed by atoms with Crippen LogP contribution in [-0.2, 0) is 4.79 Å². The Morgan fingerprint density at radius 3 is 2.45 bits per heavy atom. The zero-order chi connectivity index (χ0) is 15.4. The van der Waals surface area contributed by atoms with Gasteiger partial charge in [-0.25, -0.2) is 4.99 Å². The standard InChI is InChI=1S/C18H13ClN2O/c19-15-11-9-14(10-12-15)17-20-16(18(22)21-17)8-4-7-13-5-2-1-3-6-13/h1-12H,(H,20,21,22). The second kappa shape index (κ2) is 6.41. The first kappa shape index (κ1) is 14.3. The number of benzene rings is 2. The lowest BCUT2D eigenvalue weighted by molar-refractivity contribution is -0.115. The molecule has 2 aromatic rings. The quantitative estimate of drug-likeness (QED) is 0.861. The number of nitrogens with one attached hydrogen (secondary N) is 1. The summed E-state index contributed by atoms with van der Waals surface area (Å²) in [5, 5.41) is 3.40. The molecule has 0 radical (unpaired) electrons. The Bertz CT molecular complexity index is 774. The van der Waals surface area contributed by atoms with Crippen LogP contribution in [0.5, 0.6) is 0 Å². The zero-order valence-corrected chi connectivity index (χ0v) is 12.4. The van der Waals surface area contributed by atoms with Crippen molar-refractivity contribution in [3.05, 3.63) is 88.6 Å². The molecule has 0 aromatic heterocycles. The van der Waals surface area contributed by atoms with Crippen molar-refractivity contribution >= 4 is 29.4 Å². The van der Waals surface area contributed by atoms with Gasteiger partial charge in [-0.3, -0.25) is 4.79 Å². The SMILES string of the molecule is O=C1NC(c2ccc(Cl)cc2)=NC1=CC=Cc1ccccc1. The molecule has 22 heavy (non-hydrogen) atoms. The molecule has 108 valence electrons.